The monoisotopic (exact) mass is 452 g/mol. The average Bonchev–Trinajstić information content (AvgIpc) is 3.46. The number of nitrogens with zero attached hydrogens (tertiary/aromatic N) is 8. The third-order valence-electron chi connectivity index (χ3n) is 4.90. The minimum atomic E-state index is -1.34. The molecule has 0 aliphatic carbocycles. The normalized spacial score (nSPS) is 11.3. The minimum absolute atomic E-state index is 0.0359. The van der Waals surface area contributed by atoms with Crippen molar-refractivity contribution in [3.05, 3.63) is 88.4 Å². The first-order valence-corrected chi connectivity index (χ1v) is 9.28. The molecule has 0 N–H and O–H groups in total. The van der Waals surface area contributed by atoms with E-state index in [2.05, 4.69) is 25.0 Å². The van der Waals surface area contributed by atoms with Crippen molar-refractivity contribution >= 4 is 5.82 Å². The molecule has 164 valence electrons. The molecule has 0 amide bonds. The van der Waals surface area contributed by atoms with Gasteiger partial charge in [0.15, 0.2) is 23.1 Å². The maximum atomic E-state index is 14.5. The Labute approximate surface area is 184 Å². The summed E-state index contributed by atoms with van der Waals surface area (Å²) in [6, 6.07) is 6.01. The van der Waals surface area contributed by atoms with Crippen molar-refractivity contribution in [3.63, 3.8) is 0 Å². The Kier molecular flexibility index (Phi) is 5.14. The standard InChI is InChI=1S/C21H12F4N8/c1-21(2,14-8-12(22)17(24)19(28-14)32-6-4-11(10-26)30-32)15-9-13(23)18(25)20(29-15)33-7-5-16(27-3)31-33/h4-9H,1-2H3. The first kappa shape index (κ1) is 21.6. The van der Waals surface area contributed by atoms with Crippen LogP contribution in [0.4, 0.5) is 23.4 Å². The van der Waals surface area contributed by atoms with E-state index in [0.29, 0.717) is 0 Å². The van der Waals surface area contributed by atoms with Gasteiger partial charge in [-0.3, -0.25) is 0 Å². The van der Waals surface area contributed by atoms with Crippen LogP contribution in [0.2, 0.25) is 0 Å². The van der Waals surface area contributed by atoms with Crippen LogP contribution in [0.5, 0.6) is 0 Å². The number of nitriles is 1. The van der Waals surface area contributed by atoms with Crippen LogP contribution in [-0.2, 0) is 5.41 Å². The highest BCUT2D eigenvalue weighted by molar-refractivity contribution is 5.40. The van der Waals surface area contributed by atoms with Gasteiger partial charge >= 0.3 is 0 Å². The van der Waals surface area contributed by atoms with Crippen LogP contribution in [0.15, 0.2) is 36.7 Å². The summed E-state index contributed by atoms with van der Waals surface area (Å²) in [4.78, 5) is 11.4. The van der Waals surface area contributed by atoms with Crippen LogP contribution in [0.3, 0.4) is 0 Å². The van der Waals surface area contributed by atoms with Crippen LogP contribution in [0.1, 0.15) is 30.9 Å². The average molecular weight is 452 g/mol. The van der Waals surface area contributed by atoms with Gasteiger partial charge in [-0.05, 0) is 43.2 Å². The maximum absolute atomic E-state index is 14.5. The van der Waals surface area contributed by atoms with Gasteiger partial charge in [0.2, 0.25) is 17.5 Å². The molecule has 0 aliphatic rings. The molecule has 4 heterocycles. The Hall–Kier alpha value is -4.58. The van der Waals surface area contributed by atoms with E-state index in [0.717, 1.165) is 21.5 Å². The molecule has 0 aromatic carbocycles. The number of rotatable bonds is 4. The molecule has 4 aromatic rings. The molecule has 8 nitrogen and oxygen atoms in total. The molecule has 0 spiro atoms. The second kappa shape index (κ2) is 7.84. The molecular formula is C21H12F4N8. The zero-order chi connectivity index (χ0) is 23.9. The quantitative estimate of drug-likeness (QED) is 0.343. The SMILES string of the molecule is [C-]#[N+]c1ccn(-c2nc(C(C)(C)c3cc(F)c(F)c(-n4ccc(C#N)n4)n3)cc(F)c2F)n1. The van der Waals surface area contributed by atoms with E-state index < -0.39 is 40.3 Å². The van der Waals surface area contributed by atoms with E-state index in [4.69, 9.17) is 11.8 Å². The molecule has 0 fully saturated rings. The van der Waals surface area contributed by atoms with E-state index in [1.54, 1.807) is 6.07 Å². The molecule has 12 heteroatoms. The zero-order valence-corrected chi connectivity index (χ0v) is 17.1. The van der Waals surface area contributed by atoms with Gasteiger partial charge in [0.05, 0.1) is 11.4 Å². The lowest BCUT2D eigenvalue weighted by Gasteiger charge is -2.25. The van der Waals surface area contributed by atoms with Crippen molar-refractivity contribution in [2.45, 2.75) is 19.3 Å². The molecule has 4 aromatic heterocycles. The van der Waals surface area contributed by atoms with Gasteiger partial charge in [-0.25, -0.2) is 23.4 Å². The highest BCUT2D eigenvalue weighted by Gasteiger charge is 2.32. The molecule has 33 heavy (non-hydrogen) atoms. The van der Waals surface area contributed by atoms with Gasteiger partial charge in [0.1, 0.15) is 6.07 Å². The third-order valence-corrected chi connectivity index (χ3v) is 4.90. The smallest absolute Gasteiger partial charge is 0.295 e. The molecule has 0 saturated heterocycles. The molecule has 0 unspecified atom stereocenters. The Morgan fingerprint density at radius 2 is 1.42 bits per heavy atom. The number of halogens is 4. The largest absolute Gasteiger partial charge is 0.359 e. The topological polar surface area (TPSA) is 89.6 Å². The van der Waals surface area contributed by atoms with E-state index in [1.807, 2.05) is 0 Å². The molecule has 0 saturated carbocycles. The van der Waals surface area contributed by atoms with Crippen molar-refractivity contribution < 1.29 is 17.6 Å². The molecule has 4 rings (SSSR count). The van der Waals surface area contributed by atoms with Gasteiger partial charge in [-0.1, -0.05) is 6.57 Å². The lowest BCUT2D eigenvalue weighted by atomic mass is 9.84. The summed E-state index contributed by atoms with van der Waals surface area (Å²) < 4.78 is 59.7. The van der Waals surface area contributed by atoms with Gasteiger partial charge < -0.3 is 4.85 Å². The highest BCUT2D eigenvalue weighted by Crippen LogP contribution is 2.33. The van der Waals surface area contributed by atoms with Gasteiger partial charge in [-0.15, -0.1) is 4.68 Å². The lowest BCUT2D eigenvalue weighted by Crippen LogP contribution is -2.25. The summed E-state index contributed by atoms with van der Waals surface area (Å²) >= 11 is 0. The van der Waals surface area contributed by atoms with Crippen LogP contribution < -0.4 is 0 Å². The summed E-state index contributed by atoms with van der Waals surface area (Å²) in [6.45, 7) is 10.00. The second-order valence-corrected chi connectivity index (χ2v) is 7.37. The predicted molar refractivity (Wildman–Crippen MR) is 106 cm³/mol. The minimum Gasteiger partial charge on any atom is -0.359 e. The molecule has 0 atom stereocenters. The Bertz CT molecular complexity index is 1360. The first-order valence-electron chi connectivity index (χ1n) is 9.28. The summed E-state index contributed by atoms with van der Waals surface area (Å²) in [5, 5.41) is 16.6. The van der Waals surface area contributed by atoms with Crippen LogP contribution >= 0.6 is 0 Å². The summed E-state index contributed by atoms with van der Waals surface area (Å²) in [7, 11) is 0. The fourth-order valence-corrected chi connectivity index (χ4v) is 3.04. The van der Waals surface area contributed by atoms with Crippen LogP contribution in [0, 0.1) is 41.2 Å². The molecule has 0 aliphatic heterocycles. The fourth-order valence-electron chi connectivity index (χ4n) is 3.04. The van der Waals surface area contributed by atoms with Gasteiger partial charge in [-0.2, -0.15) is 19.1 Å². The predicted octanol–water partition coefficient (Wildman–Crippen LogP) is 4.15. The van der Waals surface area contributed by atoms with Crippen LogP contribution in [-0.4, -0.2) is 29.5 Å². The second-order valence-electron chi connectivity index (χ2n) is 7.37. The van der Waals surface area contributed by atoms with Crippen molar-refractivity contribution in [1.29, 1.82) is 5.26 Å². The number of pyridine rings is 2. The Balaban J connectivity index is 1.87. The lowest BCUT2D eigenvalue weighted by molar-refractivity contribution is 0.471. The first-order chi connectivity index (χ1) is 15.6. The van der Waals surface area contributed by atoms with Gasteiger partial charge in [0, 0.05) is 17.8 Å². The highest BCUT2D eigenvalue weighted by atomic mass is 19.2. The number of hydrogen-bond acceptors (Lipinski definition) is 5. The molecular weight excluding hydrogens is 440 g/mol. The summed E-state index contributed by atoms with van der Waals surface area (Å²) in [5.74, 6) is -6.19. The van der Waals surface area contributed by atoms with Crippen molar-refractivity contribution in [1.82, 2.24) is 29.5 Å². The Morgan fingerprint density at radius 3 is 1.88 bits per heavy atom. The summed E-state index contributed by atoms with van der Waals surface area (Å²) in [6.07, 6.45) is 2.48. The maximum Gasteiger partial charge on any atom is 0.295 e. The summed E-state index contributed by atoms with van der Waals surface area (Å²) in [5.41, 5.74) is -1.49. The fraction of sp³-hybridized carbons (Fsp3) is 0.143. The van der Waals surface area contributed by atoms with Crippen LogP contribution in [0.25, 0.3) is 16.5 Å². The van der Waals surface area contributed by atoms with Crippen molar-refractivity contribution in [3.8, 4) is 17.7 Å². The van der Waals surface area contributed by atoms with Gasteiger partial charge in [0.25, 0.3) is 5.82 Å². The van der Waals surface area contributed by atoms with E-state index in [-0.39, 0.29) is 22.9 Å². The number of aromatic nitrogens is 6. The molecule has 0 radical (unpaired) electrons. The van der Waals surface area contributed by atoms with Crippen molar-refractivity contribution in [2.24, 2.45) is 0 Å². The zero-order valence-electron chi connectivity index (χ0n) is 17.1. The van der Waals surface area contributed by atoms with Crippen molar-refractivity contribution in [2.75, 3.05) is 0 Å². The van der Waals surface area contributed by atoms with E-state index >= 15 is 0 Å². The molecule has 0 bridgehead atoms. The van der Waals surface area contributed by atoms with E-state index in [9.17, 15) is 17.6 Å². The Morgan fingerprint density at radius 1 is 0.909 bits per heavy atom. The van der Waals surface area contributed by atoms with E-state index in [1.165, 1.54) is 38.4 Å². The number of hydrogen-bond donors (Lipinski definition) is 0. The third kappa shape index (κ3) is 3.68.